The summed E-state index contributed by atoms with van der Waals surface area (Å²) in [5.74, 6) is 0.538. The molecule has 2 aromatic heterocycles. The number of aromatic nitrogens is 4. The predicted molar refractivity (Wildman–Crippen MR) is 88.9 cm³/mol. The van der Waals surface area contributed by atoms with Gasteiger partial charge >= 0.3 is 5.69 Å². The molecule has 0 aliphatic heterocycles. The molecule has 9 nitrogen and oxygen atoms in total. The third kappa shape index (κ3) is 3.15. The van der Waals surface area contributed by atoms with Crippen LogP contribution in [0.15, 0.2) is 9.59 Å². The molecule has 3 N–H and O–H groups in total. The SMILES string of the molecule is CC[C@H](CNCCO)Nc1nc2c(c(=O)n(C)c(=O)n2C)n1C. The summed E-state index contributed by atoms with van der Waals surface area (Å²) in [6.07, 6.45) is 0.846. The van der Waals surface area contributed by atoms with Gasteiger partial charge in [0, 0.05) is 40.3 Å². The Morgan fingerprint density at radius 1 is 1.17 bits per heavy atom. The van der Waals surface area contributed by atoms with Crippen molar-refractivity contribution in [3.63, 3.8) is 0 Å². The fourth-order valence-electron chi connectivity index (χ4n) is 2.48. The molecule has 0 aromatic carbocycles. The molecule has 0 aliphatic rings. The molecule has 9 heteroatoms. The Balaban J connectivity index is 2.41. The maximum Gasteiger partial charge on any atom is 0.332 e. The van der Waals surface area contributed by atoms with E-state index in [1.165, 1.54) is 11.6 Å². The van der Waals surface area contributed by atoms with E-state index in [1.807, 2.05) is 6.92 Å². The largest absolute Gasteiger partial charge is 0.395 e. The van der Waals surface area contributed by atoms with Crippen molar-refractivity contribution in [2.24, 2.45) is 21.1 Å². The second kappa shape index (κ2) is 6.97. The molecule has 0 fully saturated rings. The van der Waals surface area contributed by atoms with E-state index in [0.29, 0.717) is 30.2 Å². The highest BCUT2D eigenvalue weighted by Gasteiger charge is 2.18. The average molecular weight is 324 g/mol. The topological polar surface area (TPSA) is 106 Å². The number of hydrogen-bond donors (Lipinski definition) is 3. The number of nitrogens with one attached hydrogen (secondary N) is 2. The van der Waals surface area contributed by atoms with E-state index in [4.69, 9.17) is 5.11 Å². The van der Waals surface area contributed by atoms with Gasteiger partial charge in [-0.1, -0.05) is 6.92 Å². The highest BCUT2D eigenvalue weighted by atomic mass is 16.3. The Bertz CT molecular complexity index is 803. The normalized spacial score (nSPS) is 12.7. The molecule has 0 saturated heterocycles. The molecular weight excluding hydrogens is 300 g/mol. The van der Waals surface area contributed by atoms with Crippen LogP contribution in [0.3, 0.4) is 0 Å². The highest BCUT2D eigenvalue weighted by Crippen LogP contribution is 2.14. The number of aliphatic hydroxyl groups is 1. The lowest BCUT2D eigenvalue weighted by molar-refractivity contribution is 0.291. The fraction of sp³-hybridized carbons (Fsp3) is 0.643. The zero-order valence-corrected chi connectivity index (χ0v) is 14.0. The minimum absolute atomic E-state index is 0.0842. The van der Waals surface area contributed by atoms with Gasteiger partial charge in [0.2, 0.25) is 5.95 Å². The summed E-state index contributed by atoms with van der Waals surface area (Å²) in [5.41, 5.74) is -0.0158. The average Bonchev–Trinajstić information content (AvgIpc) is 2.87. The van der Waals surface area contributed by atoms with E-state index in [0.717, 1.165) is 11.0 Å². The number of rotatable bonds is 7. The second-order valence-corrected chi connectivity index (χ2v) is 5.55. The number of fused-ring (bicyclic) bond motifs is 1. The first kappa shape index (κ1) is 17.2. The molecule has 1 atom stereocenters. The maximum absolute atomic E-state index is 12.3. The smallest absolute Gasteiger partial charge is 0.332 e. The zero-order chi connectivity index (χ0) is 17.1. The van der Waals surface area contributed by atoms with Crippen LogP contribution < -0.4 is 21.9 Å². The van der Waals surface area contributed by atoms with Crippen molar-refractivity contribution in [3.8, 4) is 0 Å². The van der Waals surface area contributed by atoms with E-state index < -0.39 is 5.69 Å². The van der Waals surface area contributed by atoms with Crippen molar-refractivity contribution < 1.29 is 5.11 Å². The first-order valence-electron chi connectivity index (χ1n) is 7.62. The summed E-state index contributed by atoms with van der Waals surface area (Å²) >= 11 is 0. The first-order chi connectivity index (χ1) is 10.9. The number of aliphatic hydroxyl groups excluding tert-OH is 1. The Morgan fingerprint density at radius 3 is 2.48 bits per heavy atom. The van der Waals surface area contributed by atoms with Gasteiger partial charge in [0.05, 0.1) is 6.61 Å². The summed E-state index contributed by atoms with van der Waals surface area (Å²) in [6, 6.07) is 0.0953. The van der Waals surface area contributed by atoms with Gasteiger partial charge in [0.15, 0.2) is 11.2 Å². The van der Waals surface area contributed by atoms with Gasteiger partial charge in [-0.15, -0.1) is 0 Å². The van der Waals surface area contributed by atoms with Crippen LogP contribution in [-0.2, 0) is 21.1 Å². The van der Waals surface area contributed by atoms with E-state index in [-0.39, 0.29) is 18.2 Å². The maximum atomic E-state index is 12.3. The Hall–Kier alpha value is -2.13. The molecular formula is C14H24N6O3. The van der Waals surface area contributed by atoms with Crippen LogP contribution in [0.5, 0.6) is 0 Å². The molecule has 0 saturated carbocycles. The highest BCUT2D eigenvalue weighted by molar-refractivity contribution is 5.74. The second-order valence-electron chi connectivity index (χ2n) is 5.55. The monoisotopic (exact) mass is 324 g/mol. The van der Waals surface area contributed by atoms with Gasteiger partial charge in [-0.25, -0.2) is 4.79 Å². The van der Waals surface area contributed by atoms with Crippen LogP contribution in [0.25, 0.3) is 11.2 Å². The third-order valence-electron chi connectivity index (χ3n) is 3.98. The summed E-state index contributed by atoms with van der Waals surface area (Å²) in [5, 5.41) is 15.2. The van der Waals surface area contributed by atoms with Gasteiger partial charge in [0.25, 0.3) is 5.56 Å². The molecule has 2 aromatic rings. The van der Waals surface area contributed by atoms with Crippen LogP contribution in [0.2, 0.25) is 0 Å². The van der Waals surface area contributed by atoms with Gasteiger partial charge in [0.1, 0.15) is 0 Å². The van der Waals surface area contributed by atoms with Crippen LogP contribution in [-0.4, -0.2) is 49.5 Å². The van der Waals surface area contributed by atoms with E-state index in [2.05, 4.69) is 15.6 Å². The van der Waals surface area contributed by atoms with Crippen molar-refractivity contribution in [2.45, 2.75) is 19.4 Å². The van der Waals surface area contributed by atoms with Gasteiger partial charge in [-0.05, 0) is 6.42 Å². The van der Waals surface area contributed by atoms with Crippen LogP contribution >= 0.6 is 0 Å². The number of aryl methyl sites for hydroxylation is 2. The van der Waals surface area contributed by atoms with E-state index >= 15 is 0 Å². The number of nitrogens with zero attached hydrogens (tertiary/aromatic N) is 4. The number of anilines is 1. The Labute approximate surface area is 133 Å². The Kier molecular flexibility index (Phi) is 5.22. The summed E-state index contributed by atoms with van der Waals surface area (Å²) in [6.45, 7) is 3.31. The Morgan fingerprint density at radius 2 is 1.87 bits per heavy atom. The molecule has 0 spiro atoms. The van der Waals surface area contributed by atoms with E-state index in [9.17, 15) is 9.59 Å². The molecule has 0 aliphatic carbocycles. The lowest BCUT2D eigenvalue weighted by atomic mass is 10.2. The predicted octanol–water partition coefficient (Wildman–Crippen LogP) is -1.26. The molecule has 0 radical (unpaired) electrons. The van der Waals surface area contributed by atoms with Crippen molar-refractivity contribution in [1.82, 2.24) is 24.0 Å². The van der Waals surface area contributed by atoms with Crippen molar-refractivity contribution in [2.75, 3.05) is 25.0 Å². The molecule has 23 heavy (non-hydrogen) atoms. The van der Waals surface area contributed by atoms with Crippen molar-refractivity contribution >= 4 is 17.1 Å². The molecule has 128 valence electrons. The fourth-order valence-corrected chi connectivity index (χ4v) is 2.48. The van der Waals surface area contributed by atoms with Gasteiger partial charge < -0.3 is 20.3 Å². The standard InChI is InChI=1S/C14H24N6O3/c1-5-9(8-15-6-7-21)16-13-17-11-10(18(13)2)12(22)20(4)14(23)19(11)3/h9,15,21H,5-8H2,1-4H3,(H,16,17)/t9-/m1/s1. The lowest BCUT2D eigenvalue weighted by Gasteiger charge is -2.17. The molecule has 0 bridgehead atoms. The summed E-state index contributed by atoms with van der Waals surface area (Å²) in [4.78, 5) is 28.7. The lowest BCUT2D eigenvalue weighted by Crippen LogP contribution is -2.37. The van der Waals surface area contributed by atoms with E-state index in [1.54, 1.807) is 18.7 Å². The van der Waals surface area contributed by atoms with Crippen LogP contribution in [0, 0.1) is 0 Å². The molecule has 2 rings (SSSR count). The third-order valence-corrected chi connectivity index (χ3v) is 3.98. The summed E-state index contributed by atoms with van der Waals surface area (Å²) in [7, 11) is 4.80. The molecule has 2 heterocycles. The quantitative estimate of drug-likeness (QED) is 0.549. The molecule has 0 amide bonds. The van der Waals surface area contributed by atoms with Gasteiger partial charge in [-0.2, -0.15) is 4.98 Å². The van der Waals surface area contributed by atoms with Crippen LogP contribution in [0.4, 0.5) is 5.95 Å². The minimum Gasteiger partial charge on any atom is -0.395 e. The first-order valence-corrected chi connectivity index (χ1v) is 7.62. The molecule has 0 unspecified atom stereocenters. The summed E-state index contributed by atoms with van der Waals surface area (Å²) < 4.78 is 4.12. The van der Waals surface area contributed by atoms with Crippen LogP contribution in [0.1, 0.15) is 13.3 Å². The van der Waals surface area contributed by atoms with Crippen molar-refractivity contribution in [1.29, 1.82) is 0 Å². The zero-order valence-electron chi connectivity index (χ0n) is 14.0. The minimum atomic E-state index is -0.399. The van der Waals surface area contributed by atoms with Crippen molar-refractivity contribution in [3.05, 3.63) is 20.8 Å². The number of imidazole rings is 1. The van der Waals surface area contributed by atoms with Gasteiger partial charge in [-0.3, -0.25) is 13.9 Å². The number of hydrogen-bond acceptors (Lipinski definition) is 6.